The molecule has 1 aromatic heterocycles. The first-order valence-electron chi connectivity index (χ1n) is 6.85. The van der Waals surface area contributed by atoms with Crippen molar-refractivity contribution in [1.29, 1.82) is 0 Å². The van der Waals surface area contributed by atoms with Gasteiger partial charge in [0.05, 0.1) is 5.41 Å². The second-order valence-corrected chi connectivity index (χ2v) is 7.55. The summed E-state index contributed by atoms with van der Waals surface area (Å²) in [5, 5.41) is 3.01. The van der Waals surface area contributed by atoms with Crippen LogP contribution in [0.2, 0.25) is 0 Å². The summed E-state index contributed by atoms with van der Waals surface area (Å²) >= 11 is 0. The van der Waals surface area contributed by atoms with E-state index in [1.165, 1.54) is 0 Å². The topological polar surface area (TPSA) is 42.0 Å². The Hall–Kier alpha value is -1.38. The fraction of sp³-hybridized carbons (Fsp3) is 0.625. The van der Waals surface area contributed by atoms with Crippen LogP contribution in [0, 0.1) is 16.2 Å². The second kappa shape index (κ2) is 4.06. The van der Waals surface area contributed by atoms with Gasteiger partial charge >= 0.3 is 0 Å². The largest absolute Gasteiger partial charge is 0.310 e. The highest BCUT2D eigenvalue weighted by Crippen LogP contribution is 2.56. The SMILES string of the molecule is CC(C)(C)C1(C(C)(C)C)Cc2cccnc2NC1=O. The highest BCUT2D eigenvalue weighted by Gasteiger charge is 2.57. The van der Waals surface area contributed by atoms with Crippen LogP contribution in [0.3, 0.4) is 0 Å². The Labute approximate surface area is 115 Å². The third-order valence-corrected chi connectivity index (χ3v) is 4.53. The maximum absolute atomic E-state index is 12.8. The van der Waals surface area contributed by atoms with E-state index in [9.17, 15) is 4.79 Å². The van der Waals surface area contributed by atoms with Crippen LogP contribution in [0.1, 0.15) is 47.1 Å². The van der Waals surface area contributed by atoms with Gasteiger partial charge in [-0.3, -0.25) is 4.79 Å². The quantitative estimate of drug-likeness (QED) is 0.773. The third-order valence-electron chi connectivity index (χ3n) is 4.53. The highest BCUT2D eigenvalue weighted by atomic mass is 16.2. The summed E-state index contributed by atoms with van der Waals surface area (Å²) in [6.45, 7) is 12.9. The van der Waals surface area contributed by atoms with Gasteiger partial charge in [0.25, 0.3) is 0 Å². The van der Waals surface area contributed by atoms with Crippen LogP contribution < -0.4 is 5.32 Å². The van der Waals surface area contributed by atoms with E-state index in [0.29, 0.717) is 0 Å². The summed E-state index contributed by atoms with van der Waals surface area (Å²) in [4.78, 5) is 17.1. The van der Waals surface area contributed by atoms with E-state index in [0.717, 1.165) is 17.8 Å². The number of amides is 1. The van der Waals surface area contributed by atoms with Gasteiger partial charge in [0.1, 0.15) is 5.82 Å². The number of fused-ring (bicyclic) bond motifs is 1. The monoisotopic (exact) mass is 260 g/mol. The first-order valence-corrected chi connectivity index (χ1v) is 6.85. The lowest BCUT2D eigenvalue weighted by atomic mass is 9.50. The number of pyridine rings is 1. The third kappa shape index (κ3) is 1.96. The molecule has 0 aliphatic carbocycles. The molecular weight excluding hydrogens is 236 g/mol. The lowest BCUT2D eigenvalue weighted by molar-refractivity contribution is -0.144. The highest BCUT2D eigenvalue weighted by molar-refractivity contribution is 5.98. The minimum atomic E-state index is -0.434. The van der Waals surface area contributed by atoms with Crippen LogP contribution in [0.5, 0.6) is 0 Å². The molecule has 0 atom stereocenters. The van der Waals surface area contributed by atoms with Gasteiger partial charge < -0.3 is 5.32 Å². The summed E-state index contributed by atoms with van der Waals surface area (Å²) in [6, 6.07) is 4.00. The van der Waals surface area contributed by atoms with E-state index in [4.69, 9.17) is 0 Å². The molecule has 0 fully saturated rings. The molecule has 0 saturated carbocycles. The summed E-state index contributed by atoms with van der Waals surface area (Å²) in [5.74, 6) is 0.815. The maximum Gasteiger partial charge on any atom is 0.233 e. The molecule has 0 unspecified atom stereocenters. The molecule has 2 rings (SSSR count). The van der Waals surface area contributed by atoms with Crippen molar-refractivity contribution in [3.63, 3.8) is 0 Å². The Kier molecular flexibility index (Phi) is 3.00. The van der Waals surface area contributed by atoms with Crippen LogP contribution in [0.25, 0.3) is 0 Å². The van der Waals surface area contributed by atoms with E-state index >= 15 is 0 Å². The zero-order chi connectivity index (χ0) is 14.5. The number of nitrogens with zero attached hydrogens (tertiary/aromatic N) is 1. The van der Waals surface area contributed by atoms with Crippen molar-refractivity contribution in [2.75, 3.05) is 5.32 Å². The smallest absolute Gasteiger partial charge is 0.233 e. The summed E-state index contributed by atoms with van der Waals surface area (Å²) < 4.78 is 0. The first kappa shape index (κ1) is 14.0. The lowest BCUT2D eigenvalue weighted by Gasteiger charge is -2.54. The van der Waals surface area contributed by atoms with Gasteiger partial charge in [0.15, 0.2) is 0 Å². The molecule has 1 N–H and O–H groups in total. The molecule has 0 bridgehead atoms. The Morgan fingerprint density at radius 2 is 1.74 bits per heavy atom. The summed E-state index contributed by atoms with van der Waals surface area (Å²) in [6.07, 6.45) is 2.47. The van der Waals surface area contributed by atoms with Crippen LogP contribution in [0.4, 0.5) is 5.82 Å². The number of nitrogens with one attached hydrogen (secondary N) is 1. The van der Waals surface area contributed by atoms with Gasteiger partial charge in [0, 0.05) is 6.20 Å². The van der Waals surface area contributed by atoms with Gasteiger partial charge in [-0.2, -0.15) is 0 Å². The van der Waals surface area contributed by atoms with Crippen LogP contribution in [-0.4, -0.2) is 10.9 Å². The molecule has 1 amide bonds. The van der Waals surface area contributed by atoms with Crippen molar-refractivity contribution in [1.82, 2.24) is 4.98 Å². The molecule has 1 aliphatic rings. The van der Waals surface area contributed by atoms with E-state index in [2.05, 4.69) is 57.9 Å². The molecule has 104 valence electrons. The van der Waals surface area contributed by atoms with E-state index in [1.807, 2.05) is 6.07 Å². The van der Waals surface area contributed by atoms with Gasteiger partial charge in [0.2, 0.25) is 5.91 Å². The van der Waals surface area contributed by atoms with Gasteiger partial charge in [-0.1, -0.05) is 47.6 Å². The van der Waals surface area contributed by atoms with Gasteiger partial charge in [-0.05, 0) is 28.9 Å². The van der Waals surface area contributed by atoms with E-state index in [1.54, 1.807) is 6.20 Å². The van der Waals surface area contributed by atoms with Crippen molar-refractivity contribution < 1.29 is 4.79 Å². The summed E-state index contributed by atoms with van der Waals surface area (Å²) in [7, 11) is 0. The van der Waals surface area contributed by atoms with Crippen molar-refractivity contribution in [2.24, 2.45) is 16.2 Å². The number of rotatable bonds is 0. The first-order chi connectivity index (χ1) is 8.59. The Morgan fingerprint density at radius 1 is 1.16 bits per heavy atom. The molecule has 0 spiro atoms. The van der Waals surface area contributed by atoms with Crippen LogP contribution in [-0.2, 0) is 11.2 Å². The molecule has 1 aromatic rings. The molecule has 1 aliphatic heterocycles. The molecule has 19 heavy (non-hydrogen) atoms. The number of carbonyl (C=O) groups excluding carboxylic acids is 1. The minimum absolute atomic E-state index is 0.0960. The van der Waals surface area contributed by atoms with Gasteiger partial charge in [-0.15, -0.1) is 0 Å². The number of hydrogen-bond donors (Lipinski definition) is 1. The van der Waals surface area contributed by atoms with Crippen molar-refractivity contribution in [3.8, 4) is 0 Å². The Bertz CT molecular complexity index is 492. The molecule has 0 radical (unpaired) electrons. The number of aromatic nitrogens is 1. The molecule has 3 nitrogen and oxygen atoms in total. The molecular formula is C16H24N2O. The molecule has 0 saturated heterocycles. The molecule has 0 aromatic carbocycles. The average molecular weight is 260 g/mol. The maximum atomic E-state index is 12.8. The predicted octanol–water partition coefficient (Wildman–Crippen LogP) is 3.65. The number of hydrogen-bond acceptors (Lipinski definition) is 2. The zero-order valence-corrected chi connectivity index (χ0v) is 12.8. The van der Waals surface area contributed by atoms with Crippen molar-refractivity contribution >= 4 is 11.7 Å². The van der Waals surface area contributed by atoms with E-state index in [-0.39, 0.29) is 16.7 Å². The Morgan fingerprint density at radius 3 is 2.26 bits per heavy atom. The van der Waals surface area contributed by atoms with Crippen molar-refractivity contribution in [2.45, 2.75) is 48.0 Å². The second-order valence-electron chi connectivity index (χ2n) is 7.55. The Balaban J connectivity index is 2.62. The predicted molar refractivity (Wildman–Crippen MR) is 77.9 cm³/mol. The minimum Gasteiger partial charge on any atom is -0.310 e. The average Bonchev–Trinajstić information content (AvgIpc) is 2.24. The fourth-order valence-electron chi connectivity index (χ4n) is 3.61. The molecule has 3 heteroatoms. The number of carbonyl (C=O) groups is 1. The molecule has 2 heterocycles. The lowest BCUT2D eigenvalue weighted by Crippen LogP contribution is -2.57. The number of anilines is 1. The standard InChI is InChI=1S/C16H24N2O/c1-14(2,3)16(15(4,5)6)10-11-8-7-9-17-12(11)18-13(16)19/h7-9H,10H2,1-6H3,(H,17,18,19). The fourth-order valence-corrected chi connectivity index (χ4v) is 3.61. The van der Waals surface area contributed by atoms with Crippen molar-refractivity contribution in [3.05, 3.63) is 23.9 Å². The van der Waals surface area contributed by atoms with Crippen LogP contribution >= 0.6 is 0 Å². The van der Waals surface area contributed by atoms with Crippen LogP contribution in [0.15, 0.2) is 18.3 Å². The normalized spacial score (nSPS) is 18.7. The summed E-state index contributed by atoms with van der Waals surface area (Å²) in [5.41, 5.74) is 0.453. The van der Waals surface area contributed by atoms with E-state index < -0.39 is 5.41 Å². The van der Waals surface area contributed by atoms with Gasteiger partial charge in [-0.25, -0.2) is 4.98 Å². The zero-order valence-electron chi connectivity index (χ0n) is 12.8.